The van der Waals surface area contributed by atoms with Crippen molar-refractivity contribution in [3.05, 3.63) is 59.4 Å². The monoisotopic (exact) mass is 411 g/mol. The van der Waals surface area contributed by atoms with Crippen LogP contribution in [0.5, 0.6) is 11.5 Å². The maximum Gasteiger partial charge on any atom is 0.270 e. The van der Waals surface area contributed by atoms with Gasteiger partial charge in [-0.05, 0) is 60.3 Å². The van der Waals surface area contributed by atoms with E-state index in [1.165, 1.54) is 37.5 Å². The first-order chi connectivity index (χ1) is 13.9. The number of nitriles is 1. The van der Waals surface area contributed by atoms with Crippen LogP contribution in [0.2, 0.25) is 0 Å². The number of halogens is 1. The molecule has 1 aliphatic rings. The maximum absolute atomic E-state index is 13.2. The van der Waals surface area contributed by atoms with Crippen LogP contribution in [0.3, 0.4) is 0 Å². The van der Waals surface area contributed by atoms with Crippen LogP contribution in [0.15, 0.2) is 48.0 Å². The van der Waals surface area contributed by atoms with Crippen molar-refractivity contribution in [2.45, 2.75) is 0 Å². The molecule has 2 aromatic carbocycles. The molecule has 3 rings (SSSR count). The van der Waals surface area contributed by atoms with Gasteiger partial charge in [0.2, 0.25) is 0 Å². The molecule has 0 saturated carbocycles. The summed E-state index contributed by atoms with van der Waals surface area (Å²) in [6.07, 6.45) is 1.38. The summed E-state index contributed by atoms with van der Waals surface area (Å²) in [7, 11) is 1.43. The Balaban J connectivity index is 1.96. The number of thiocarbonyl (C=S) groups is 1. The summed E-state index contributed by atoms with van der Waals surface area (Å²) in [5, 5.41) is 11.0. The van der Waals surface area contributed by atoms with Gasteiger partial charge in [0, 0.05) is 0 Å². The van der Waals surface area contributed by atoms with Gasteiger partial charge in [0.1, 0.15) is 17.5 Å². The fourth-order valence-electron chi connectivity index (χ4n) is 2.65. The van der Waals surface area contributed by atoms with Gasteiger partial charge in [-0.15, -0.1) is 0 Å². The number of amides is 2. The Kier molecular flexibility index (Phi) is 5.85. The Morgan fingerprint density at radius 3 is 2.59 bits per heavy atom. The fraction of sp³-hybridized carbons (Fsp3) is 0.100. The highest BCUT2D eigenvalue weighted by Crippen LogP contribution is 2.30. The summed E-state index contributed by atoms with van der Waals surface area (Å²) < 4.78 is 23.7. The average molecular weight is 411 g/mol. The highest BCUT2D eigenvalue weighted by Gasteiger charge is 2.34. The SMILES string of the molecule is COc1cc(/C=C2/C(=O)NC(=S)N(c3ccc(F)cc3)C2=O)ccc1OCC#N. The molecule has 2 aromatic rings. The molecule has 29 heavy (non-hydrogen) atoms. The quantitative estimate of drug-likeness (QED) is 0.462. The second-order valence-electron chi connectivity index (χ2n) is 5.79. The van der Waals surface area contributed by atoms with Gasteiger partial charge in [0.15, 0.2) is 23.2 Å². The number of nitrogens with one attached hydrogen (secondary N) is 1. The van der Waals surface area contributed by atoms with Crippen molar-refractivity contribution in [1.82, 2.24) is 5.32 Å². The van der Waals surface area contributed by atoms with Crippen LogP contribution >= 0.6 is 12.2 Å². The fourth-order valence-corrected chi connectivity index (χ4v) is 2.93. The normalized spacial score (nSPS) is 15.1. The lowest BCUT2D eigenvalue weighted by molar-refractivity contribution is -0.122. The Hall–Kier alpha value is -3.77. The summed E-state index contributed by atoms with van der Waals surface area (Å²) in [4.78, 5) is 26.4. The number of anilines is 1. The molecule has 0 unspecified atom stereocenters. The van der Waals surface area contributed by atoms with Crippen molar-refractivity contribution in [2.75, 3.05) is 18.6 Å². The van der Waals surface area contributed by atoms with Crippen molar-refractivity contribution < 1.29 is 23.5 Å². The van der Waals surface area contributed by atoms with Gasteiger partial charge in [-0.2, -0.15) is 5.26 Å². The smallest absolute Gasteiger partial charge is 0.270 e. The van der Waals surface area contributed by atoms with Crippen LogP contribution in [0, 0.1) is 17.1 Å². The molecule has 146 valence electrons. The molecule has 0 aromatic heterocycles. The molecule has 0 atom stereocenters. The summed E-state index contributed by atoms with van der Waals surface area (Å²) in [6, 6.07) is 11.8. The van der Waals surface area contributed by atoms with Gasteiger partial charge in [-0.1, -0.05) is 6.07 Å². The van der Waals surface area contributed by atoms with Crippen molar-refractivity contribution in [1.29, 1.82) is 5.26 Å². The zero-order valence-electron chi connectivity index (χ0n) is 15.1. The lowest BCUT2D eigenvalue weighted by Crippen LogP contribution is -2.54. The minimum absolute atomic E-state index is 0.0957. The molecule has 0 radical (unpaired) electrons. The highest BCUT2D eigenvalue weighted by atomic mass is 32.1. The van der Waals surface area contributed by atoms with E-state index in [9.17, 15) is 14.0 Å². The van der Waals surface area contributed by atoms with Crippen molar-refractivity contribution >= 4 is 40.9 Å². The first-order valence-corrected chi connectivity index (χ1v) is 8.70. The first kappa shape index (κ1) is 20.0. The third-order valence-corrected chi connectivity index (χ3v) is 4.26. The average Bonchev–Trinajstić information content (AvgIpc) is 2.71. The number of hydrogen-bond donors (Lipinski definition) is 1. The molecule has 1 fully saturated rings. The molecular formula is C20H14FN3O4S. The van der Waals surface area contributed by atoms with Crippen molar-refractivity contribution in [3.63, 3.8) is 0 Å². The number of ether oxygens (including phenoxy) is 2. The van der Waals surface area contributed by atoms with Crippen LogP contribution in [0.1, 0.15) is 5.56 Å². The minimum Gasteiger partial charge on any atom is -0.493 e. The van der Waals surface area contributed by atoms with Crippen LogP contribution in [0.25, 0.3) is 6.08 Å². The van der Waals surface area contributed by atoms with E-state index in [4.69, 9.17) is 27.0 Å². The van der Waals surface area contributed by atoms with Crippen LogP contribution in [-0.2, 0) is 9.59 Å². The zero-order chi connectivity index (χ0) is 21.0. The summed E-state index contributed by atoms with van der Waals surface area (Å²) in [6.45, 7) is -0.151. The number of hydrogen-bond acceptors (Lipinski definition) is 6. The summed E-state index contributed by atoms with van der Waals surface area (Å²) in [5.41, 5.74) is 0.664. The van der Waals surface area contributed by atoms with Gasteiger partial charge in [0.25, 0.3) is 11.8 Å². The predicted molar refractivity (Wildman–Crippen MR) is 107 cm³/mol. The van der Waals surface area contributed by atoms with Crippen molar-refractivity contribution in [2.24, 2.45) is 0 Å². The van der Waals surface area contributed by atoms with Crippen LogP contribution in [0.4, 0.5) is 10.1 Å². The van der Waals surface area contributed by atoms with E-state index in [2.05, 4.69) is 5.32 Å². The molecule has 0 spiro atoms. The Morgan fingerprint density at radius 2 is 1.93 bits per heavy atom. The van der Waals surface area contributed by atoms with Crippen LogP contribution in [-0.4, -0.2) is 30.6 Å². The van der Waals surface area contributed by atoms with Crippen LogP contribution < -0.4 is 19.7 Å². The Morgan fingerprint density at radius 1 is 1.21 bits per heavy atom. The predicted octanol–water partition coefficient (Wildman–Crippen LogP) is 2.57. The lowest BCUT2D eigenvalue weighted by Gasteiger charge is -2.28. The van der Waals surface area contributed by atoms with E-state index >= 15 is 0 Å². The molecule has 1 N–H and O–H groups in total. The van der Waals surface area contributed by atoms with E-state index in [0.717, 1.165) is 4.90 Å². The molecular weight excluding hydrogens is 397 g/mol. The molecule has 0 bridgehead atoms. The number of nitrogens with zero attached hydrogens (tertiary/aromatic N) is 2. The third kappa shape index (κ3) is 4.23. The second-order valence-corrected chi connectivity index (χ2v) is 6.18. The topological polar surface area (TPSA) is 91.7 Å². The van der Waals surface area contributed by atoms with Gasteiger partial charge >= 0.3 is 0 Å². The number of benzene rings is 2. The first-order valence-electron chi connectivity index (χ1n) is 8.29. The van der Waals surface area contributed by atoms with E-state index in [-0.39, 0.29) is 17.3 Å². The molecule has 9 heteroatoms. The van der Waals surface area contributed by atoms with Gasteiger partial charge in [-0.25, -0.2) is 4.39 Å². The minimum atomic E-state index is -0.651. The van der Waals surface area contributed by atoms with Crippen molar-refractivity contribution in [3.8, 4) is 17.6 Å². The number of carbonyl (C=O) groups is 2. The van der Waals surface area contributed by atoms with Gasteiger partial charge < -0.3 is 9.47 Å². The Bertz CT molecular complexity index is 1060. The molecule has 1 aliphatic heterocycles. The molecule has 1 saturated heterocycles. The largest absolute Gasteiger partial charge is 0.493 e. The third-order valence-electron chi connectivity index (χ3n) is 3.98. The zero-order valence-corrected chi connectivity index (χ0v) is 16.0. The summed E-state index contributed by atoms with van der Waals surface area (Å²) in [5.74, 6) is -1.07. The summed E-state index contributed by atoms with van der Waals surface area (Å²) >= 11 is 5.10. The van der Waals surface area contributed by atoms with E-state index in [1.54, 1.807) is 18.2 Å². The van der Waals surface area contributed by atoms with E-state index in [0.29, 0.717) is 22.7 Å². The highest BCUT2D eigenvalue weighted by molar-refractivity contribution is 7.80. The standard InChI is InChI=1S/C20H14FN3O4S/c1-27-17-11-12(2-7-16(17)28-9-8-22)10-15-18(25)23-20(29)24(19(15)26)14-5-3-13(21)4-6-14/h2-7,10-11H,9H2,1H3,(H,23,25,29)/b15-10-. The molecule has 0 aliphatic carbocycles. The number of methoxy groups -OCH3 is 1. The van der Waals surface area contributed by atoms with Gasteiger partial charge in [-0.3, -0.25) is 19.8 Å². The maximum atomic E-state index is 13.2. The Labute approximate surface area is 170 Å². The molecule has 7 nitrogen and oxygen atoms in total. The molecule has 1 heterocycles. The van der Waals surface area contributed by atoms with Gasteiger partial charge in [0.05, 0.1) is 12.8 Å². The van der Waals surface area contributed by atoms with E-state index < -0.39 is 17.6 Å². The lowest BCUT2D eigenvalue weighted by atomic mass is 10.1. The van der Waals surface area contributed by atoms with E-state index in [1.807, 2.05) is 6.07 Å². The molecule has 2 amide bonds. The second kappa shape index (κ2) is 8.50. The number of rotatable bonds is 5. The number of carbonyl (C=O) groups excluding carboxylic acids is 2.